The molecule has 7 heteroatoms. The monoisotopic (exact) mass is 371 g/mol. The molecule has 0 unspecified atom stereocenters. The number of carbonyl (C=O) groups excluding carboxylic acids is 1. The molecular formula is C19H18ClN3O3. The van der Waals surface area contributed by atoms with E-state index < -0.39 is 0 Å². The number of hydrogen-bond donors (Lipinski definition) is 1. The zero-order valence-corrected chi connectivity index (χ0v) is 15.2. The zero-order chi connectivity index (χ0) is 18.5. The Morgan fingerprint density at radius 2 is 2.00 bits per heavy atom. The number of nitrogens with zero attached hydrogens (tertiary/aromatic N) is 2. The average molecular weight is 372 g/mol. The Morgan fingerprint density at radius 3 is 2.65 bits per heavy atom. The number of methoxy groups -OCH3 is 1. The summed E-state index contributed by atoms with van der Waals surface area (Å²) in [6.45, 7) is 0.370. The van der Waals surface area contributed by atoms with E-state index in [1.165, 1.54) is 7.11 Å². The lowest BCUT2D eigenvalue weighted by Gasteiger charge is -2.11. The van der Waals surface area contributed by atoms with E-state index >= 15 is 0 Å². The Bertz CT molecular complexity index is 907. The number of nitrogens with one attached hydrogen (secondary N) is 1. The van der Waals surface area contributed by atoms with Crippen molar-refractivity contribution in [3.8, 4) is 11.5 Å². The molecule has 3 rings (SSSR count). The lowest BCUT2D eigenvalue weighted by atomic mass is 10.2. The molecule has 6 nitrogen and oxygen atoms in total. The summed E-state index contributed by atoms with van der Waals surface area (Å²) in [5, 5.41) is 3.28. The highest BCUT2D eigenvalue weighted by Crippen LogP contribution is 2.24. The third kappa shape index (κ3) is 4.15. The van der Waals surface area contributed by atoms with Gasteiger partial charge in [0.25, 0.3) is 5.91 Å². The Kier molecular flexibility index (Phi) is 5.43. The second-order valence-corrected chi connectivity index (χ2v) is 6.00. The van der Waals surface area contributed by atoms with E-state index in [4.69, 9.17) is 21.1 Å². The minimum Gasteiger partial charge on any atom is -0.496 e. The summed E-state index contributed by atoms with van der Waals surface area (Å²) in [4.78, 5) is 16.7. The van der Waals surface area contributed by atoms with Crippen LogP contribution in [-0.2, 0) is 13.7 Å². The number of anilines is 1. The van der Waals surface area contributed by atoms with Gasteiger partial charge in [0.2, 0.25) is 0 Å². The van der Waals surface area contributed by atoms with Crippen LogP contribution in [-0.4, -0.2) is 22.6 Å². The number of rotatable bonds is 6. The molecule has 0 saturated heterocycles. The van der Waals surface area contributed by atoms with Crippen molar-refractivity contribution in [1.29, 1.82) is 0 Å². The van der Waals surface area contributed by atoms with Crippen LogP contribution in [0.2, 0.25) is 5.02 Å². The predicted octanol–water partition coefficient (Wildman–Crippen LogP) is 3.91. The SMILES string of the molecule is COc1ccc(Cl)cc1C(=O)Nc1ccc(OCc2nccn2C)cc1. The van der Waals surface area contributed by atoms with E-state index in [1.54, 1.807) is 48.7 Å². The van der Waals surface area contributed by atoms with Crippen molar-refractivity contribution in [2.45, 2.75) is 6.61 Å². The molecule has 134 valence electrons. The highest BCUT2D eigenvalue weighted by molar-refractivity contribution is 6.31. The first kappa shape index (κ1) is 17.8. The lowest BCUT2D eigenvalue weighted by molar-refractivity contribution is 0.102. The van der Waals surface area contributed by atoms with E-state index in [1.807, 2.05) is 17.8 Å². The number of aryl methyl sites for hydroxylation is 1. The lowest BCUT2D eigenvalue weighted by Crippen LogP contribution is -2.13. The maximum atomic E-state index is 12.5. The molecule has 26 heavy (non-hydrogen) atoms. The van der Waals surface area contributed by atoms with Gasteiger partial charge in [0, 0.05) is 30.2 Å². The number of carbonyl (C=O) groups is 1. The van der Waals surface area contributed by atoms with Gasteiger partial charge in [-0.15, -0.1) is 0 Å². The summed E-state index contributed by atoms with van der Waals surface area (Å²) in [5.74, 6) is 1.68. The molecule has 0 spiro atoms. The number of halogens is 1. The number of benzene rings is 2. The van der Waals surface area contributed by atoms with Crippen LogP contribution in [0.5, 0.6) is 11.5 Å². The largest absolute Gasteiger partial charge is 0.496 e. The molecule has 1 N–H and O–H groups in total. The van der Waals surface area contributed by atoms with Crippen LogP contribution in [0.25, 0.3) is 0 Å². The van der Waals surface area contributed by atoms with Gasteiger partial charge in [-0.3, -0.25) is 4.79 Å². The highest BCUT2D eigenvalue weighted by Gasteiger charge is 2.13. The van der Waals surface area contributed by atoms with Gasteiger partial charge in [0.05, 0.1) is 12.7 Å². The number of imidazole rings is 1. The molecule has 0 radical (unpaired) electrons. The maximum Gasteiger partial charge on any atom is 0.259 e. The van der Waals surface area contributed by atoms with Gasteiger partial charge in [-0.2, -0.15) is 0 Å². The normalized spacial score (nSPS) is 10.4. The molecule has 0 saturated carbocycles. The third-order valence-corrected chi connectivity index (χ3v) is 4.04. The minimum absolute atomic E-state index is 0.300. The van der Waals surface area contributed by atoms with E-state index in [-0.39, 0.29) is 5.91 Å². The Hall–Kier alpha value is -2.99. The molecule has 0 aliphatic heterocycles. The van der Waals surface area contributed by atoms with Crippen molar-refractivity contribution in [1.82, 2.24) is 9.55 Å². The summed E-state index contributed by atoms with van der Waals surface area (Å²) in [6.07, 6.45) is 3.59. The van der Waals surface area contributed by atoms with Gasteiger partial charge in [0.1, 0.15) is 23.9 Å². The summed E-state index contributed by atoms with van der Waals surface area (Å²) in [6, 6.07) is 12.0. The number of amides is 1. The van der Waals surface area contributed by atoms with Crippen molar-refractivity contribution in [3.63, 3.8) is 0 Å². The van der Waals surface area contributed by atoms with Crippen LogP contribution in [0.4, 0.5) is 5.69 Å². The quantitative estimate of drug-likeness (QED) is 0.713. The smallest absolute Gasteiger partial charge is 0.259 e. The second-order valence-electron chi connectivity index (χ2n) is 5.57. The molecule has 3 aromatic rings. The average Bonchev–Trinajstić information content (AvgIpc) is 3.06. The molecule has 0 atom stereocenters. The first-order chi connectivity index (χ1) is 12.6. The van der Waals surface area contributed by atoms with Crippen LogP contribution in [0, 0.1) is 0 Å². The zero-order valence-electron chi connectivity index (χ0n) is 14.4. The molecule has 0 aliphatic carbocycles. The molecule has 0 fully saturated rings. The summed E-state index contributed by atoms with van der Waals surface area (Å²) in [5.41, 5.74) is 1.01. The van der Waals surface area contributed by atoms with Gasteiger partial charge in [-0.1, -0.05) is 11.6 Å². The van der Waals surface area contributed by atoms with E-state index in [2.05, 4.69) is 10.3 Å². The van der Waals surface area contributed by atoms with E-state index in [9.17, 15) is 4.79 Å². The fourth-order valence-corrected chi connectivity index (χ4v) is 2.55. The molecule has 1 aromatic heterocycles. The van der Waals surface area contributed by atoms with Crippen molar-refractivity contribution in [2.75, 3.05) is 12.4 Å². The summed E-state index contributed by atoms with van der Waals surface area (Å²) < 4.78 is 12.8. The standard InChI is InChI=1S/C19H18ClN3O3/c1-23-10-9-21-18(23)12-26-15-6-4-14(5-7-15)22-19(24)16-11-13(20)3-8-17(16)25-2/h3-11H,12H2,1-2H3,(H,22,24). The molecule has 0 aliphatic rings. The second kappa shape index (κ2) is 7.93. The minimum atomic E-state index is -0.300. The van der Waals surface area contributed by atoms with E-state index in [0.717, 1.165) is 5.82 Å². The Labute approximate surface area is 156 Å². The first-order valence-electron chi connectivity index (χ1n) is 7.91. The van der Waals surface area contributed by atoms with Gasteiger partial charge in [-0.25, -0.2) is 4.98 Å². The molecule has 1 heterocycles. The third-order valence-electron chi connectivity index (χ3n) is 3.81. The van der Waals surface area contributed by atoms with Crippen molar-refractivity contribution < 1.29 is 14.3 Å². The van der Waals surface area contributed by atoms with Crippen molar-refractivity contribution >= 4 is 23.2 Å². The number of hydrogen-bond acceptors (Lipinski definition) is 4. The van der Waals surface area contributed by atoms with Crippen LogP contribution in [0.3, 0.4) is 0 Å². The molecule has 1 amide bonds. The van der Waals surface area contributed by atoms with Crippen LogP contribution in [0.15, 0.2) is 54.9 Å². The molecule has 0 bridgehead atoms. The Balaban J connectivity index is 1.65. The van der Waals surface area contributed by atoms with Gasteiger partial charge < -0.3 is 19.4 Å². The number of aromatic nitrogens is 2. The van der Waals surface area contributed by atoms with E-state index in [0.29, 0.717) is 34.4 Å². The summed E-state index contributed by atoms with van der Waals surface area (Å²) >= 11 is 5.97. The Morgan fingerprint density at radius 1 is 1.23 bits per heavy atom. The maximum absolute atomic E-state index is 12.5. The van der Waals surface area contributed by atoms with Crippen molar-refractivity contribution in [2.24, 2.45) is 7.05 Å². The summed E-state index contributed by atoms with van der Waals surface area (Å²) in [7, 11) is 3.42. The van der Waals surface area contributed by atoms with Gasteiger partial charge in [0.15, 0.2) is 0 Å². The molecule has 2 aromatic carbocycles. The highest BCUT2D eigenvalue weighted by atomic mass is 35.5. The molecular weight excluding hydrogens is 354 g/mol. The van der Waals surface area contributed by atoms with Crippen LogP contribution >= 0.6 is 11.6 Å². The van der Waals surface area contributed by atoms with Crippen LogP contribution < -0.4 is 14.8 Å². The fraction of sp³-hybridized carbons (Fsp3) is 0.158. The first-order valence-corrected chi connectivity index (χ1v) is 8.28. The predicted molar refractivity (Wildman–Crippen MR) is 99.9 cm³/mol. The van der Waals surface area contributed by atoms with Crippen molar-refractivity contribution in [3.05, 3.63) is 71.3 Å². The van der Waals surface area contributed by atoms with Gasteiger partial charge in [-0.05, 0) is 42.5 Å². The fourth-order valence-electron chi connectivity index (χ4n) is 2.37. The van der Waals surface area contributed by atoms with Crippen LogP contribution in [0.1, 0.15) is 16.2 Å². The van der Waals surface area contributed by atoms with Gasteiger partial charge >= 0.3 is 0 Å². The number of ether oxygens (including phenoxy) is 2. The topological polar surface area (TPSA) is 65.4 Å².